The van der Waals surface area contributed by atoms with Crippen LogP contribution in [0, 0.1) is 23.7 Å². The van der Waals surface area contributed by atoms with Gasteiger partial charge in [-0.25, -0.2) is 14.5 Å². The molecule has 0 amide bonds. The van der Waals surface area contributed by atoms with Gasteiger partial charge >= 0.3 is 0 Å². The van der Waals surface area contributed by atoms with Gasteiger partial charge in [0.2, 0.25) is 5.79 Å². The zero-order chi connectivity index (χ0) is 24.2. The zero-order valence-corrected chi connectivity index (χ0v) is 21.5. The second kappa shape index (κ2) is 8.94. The Kier molecular flexibility index (Phi) is 6.03. The lowest BCUT2D eigenvalue weighted by Gasteiger charge is -2.60. The van der Waals surface area contributed by atoms with Gasteiger partial charge < -0.3 is 9.47 Å². The van der Waals surface area contributed by atoms with Crippen LogP contribution in [-0.2, 0) is 25.7 Å². The van der Waals surface area contributed by atoms with Gasteiger partial charge in [0.05, 0.1) is 6.20 Å². The lowest BCUT2D eigenvalue weighted by Crippen LogP contribution is -2.69. The Labute approximate surface area is 208 Å². The Bertz CT molecular complexity index is 1040. The number of nitrogens with zero attached hydrogens (tertiary/aromatic N) is 3. The lowest BCUT2D eigenvalue weighted by molar-refractivity contribution is -0.574. The summed E-state index contributed by atoms with van der Waals surface area (Å²) in [4.78, 5) is 12.2. The molecule has 35 heavy (non-hydrogen) atoms. The molecule has 7 nitrogen and oxygen atoms in total. The Balaban J connectivity index is 1.25. The molecule has 1 aromatic carbocycles. The number of hydrogen-bond acceptors (Lipinski definition) is 6. The average molecular weight is 482 g/mol. The molecular weight excluding hydrogens is 442 g/mol. The maximum atomic E-state index is 6.70. The summed E-state index contributed by atoms with van der Waals surface area (Å²) in [5.74, 6) is 0.601. The molecule has 190 valence electrons. The van der Waals surface area contributed by atoms with E-state index in [0.717, 1.165) is 36.9 Å². The van der Waals surface area contributed by atoms with Crippen molar-refractivity contribution in [3.63, 3.8) is 0 Å². The summed E-state index contributed by atoms with van der Waals surface area (Å²) in [6.07, 6.45) is 10.3. The molecule has 2 aromatic rings. The first kappa shape index (κ1) is 23.6. The van der Waals surface area contributed by atoms with Gasteiger partial charge in [-0.3, -0.25) is 0 Å². The fourth-order valence-corrected chi connectivity index (χ4v) is 7.14. The minimum atomic E-state index is -0.769. The number of aryl methyl sites for hydroxylation is 1. The van der Waals surface area contributed by atoms with Gasteiger partial charge in [0, 0.05) is 23.8 Å². The van der Waals surface area contributed by atoms with Crippen molar-refractivity contribution in [3.8, 4) is 11.3 Å². The molecule has 7 rings (SSSR count). The molecule has 2 bridgehead atoms. The van der Waals surface area contributed by atoms with Crippen molar-refractivity contribution in [2.45, 2.75) is 103 Å². The summed E-state index contributed by atoms with van der Waals surface area (Å²) >= 11 is 0. The van der Waals surface area contributed by atoms with Gasteiger partial charge in [-0.05, 0) is 56.4 Å². The monoisotopic (exact) mass is 481 g/mol. The van der Waals surface area contributed by atoms with Crippen LogP contribution in [0.3, 0.4) is 0 Å². The number of rotatable bonds is 6. The maximum absolute atomic E-state index is 6.70. The van der Waals surface area contributed by atoms with Crippen molar-refractivity contribution < 1.29 is 19.2 Å². The summed E-state index contributed by atoms with van der Waals surface area (Å²) in [6.45, 7) is 8.80. The molecule has 1 aromatic heterocycles. The van der Waals surface area contributed by atoms with E-state index in [-0.39, 0.29) is 18.1 Å². The summed E-state index contributed by atoms with van der Waals surface area (Å²) in [7, 11) is 0. The number of fused-ring (bicyclic) bond motifs is 2. The Morgan fingerprint density at radius 2 is 1.86 bits per heavy atom. The molecule has 0 unspecified atom stereocenters. The van der Waals surface area contributed by atoms with E-state index < -0.39 is 17.7 Å². The van der Waals surface area contributed by atoms with E-state index in [2.05, 4.69) is 55.3 Å². The molecule has 8 atom stereocenters. The molecule has 1 aliphatic carbocycles. The third-order valence-corrected chi connectivity index (χ3v) is 9.21. The first-order valence-corrected chi connectivity index (χ1v) is 13.6. The van der Waals surface area contributed by atoms with Gasteiger partial charge in [0.1, 0.15) is 5.69 Å². The van der Waals surface area contributed by atoms with Crippen LogP contribution in [0.4, 0.5) is 0 Å². The predicted octanol–water partition coefficient (Wildman–Crippen LogP) is 6.06. The molecule has 0 radical (unpaired) electrons. The van der Waals surface area contributed by atoms with Crippen LogP contribution in [0.25, 0.3) is 11.3 Å². The van der Waals surface area contributed by atoms with Gasteiger partial charge in [0.25, 0.3) is 0 Å². The number of unbranched alkanes of at least 4 members (excludes halogenated alkanes) is 2. The normalized spacial score (nSPS) is 40.3. The van der Waals surface area contributed by atoms with E-state index in [1.165, 1.54) is 31.2 Å². The van der Waals surface area contributed by atoms with Crippen molar-refractivity contribution in [2.24, 2.45) is 23.7 Å². The fourth-order valence-electron chi connectivity index (χ4n) is 7.14. The van der Waals surface area contributed by atoms with Gasteiger partial charge in [-0.1, -0.05) is 63.1 Å². The minimum Gasteiger partial charge on any atom is -0.324 e. The van der Waals surface area contributed by atoms with E-state index in [0.29, 0.717) is 11.8 Å². The summed E-state index contributed by atoms with van der Waals surface area (Å²) < 4.78 is 15.1. The first-order chi connectivity index (χ1) is 16.9. The average Bonchev–Trinajstić information content (AvgIpc) is 3.23. The molecule has 0 N–H and O–H groups in total. The van der Waals surface area contributed by atoms with E-state index >= 15 is 0 Å². The first-order valence-electron chi connectivity index (χ1n) is 13.6. The highest BCUT2D eigenvalue weighted by Gasteiger charge is 2.69. The van der Waals surface area contributed by atoms with E-state index in [1.807, 2.05) is 17.8 Å². The molecule has 5 heterocycles. The van der Waals surface area contributed by atoms with E-state index in [1.54, 1.807) is 0 Å². The van der Waals surface area contributed by atoms with E-state index in [4.69, 9.17) is 19.2 Å². The zero-order valence-electron chi connectivity index (χ0n) is 21.5. The highest BCUT2D eigenvalue weighted by molar-refractivity contribution is 5.58. The number of ether oxygens (including phenoxy) is 2. The Morgan fingerprint density at radius 3 is 2.66 bits per heavy atom. The molecule has 4 saturated heterocycles. The second-order valence-electron chi connectivity index (χ2n) is 11.5. The standard InChI is InChI=1S/C28H39N3O4/c1-5-6-7-8-20-10-12-21(13-11-20)24-17-31(30-29-24)25-19(3)23-14-9-18(2)22-15-16-27(4)33-26(32-25)28(22,23)35-34-27/h10-13,17-19,22-23,25-26H,5-9,14-16H2,1-4H3/t18-,19-,22+,23+,25-,26-,27-,28-/m1/s1. The van der Waals surface area contributed by atoms with Crippen LogP contribution in [-0.4, -0.2) is 32.7 Å². The fraction of sp³-hybridized carbons (Fsp3) is 0.714. The summed E-state index contributed by atoms with van der Waals surface area (Å²) in [5, 5.41) is 9.03. The van der Waals surface area contributed by atoms with Crippen LogP contribution in [0.2, 0.25) is 0 Å². The van der Waals surface area contributed by atoms with Crippen molar-refractivity contribution in [1.29, 1.82) is 0 Å². The summed E-state index contributed by atoms with van der Waals surface area (Å²) in [5.41, 5.74) is 2.77. The molecule has 5 fully saturated rings. The highest BCUT2D eigenvalue weighted by atomic mass is 17.3. The molecular formula is C28H39N3O4. The van der Waals surface area contributed by atoms with Gasteiger partial charge in [-0.15, -0.1) is 5.10 Å². The van der Waals surface area contributed by atoms with Crippen molar-refractivity contribution in [1.82, 2.24) is 15.0 Å². The molecule has 5 aliphatic rings. The number of benzene rings is 1. The topological polar surface area (TPSA) is 67.6 Å². The third-order valence-electron chi connectivity index (χ3n) is 9.21. The van der Waals surface area contributed by atoms with Crippen LogP contribution < -0.4 is 0 Å². The van der Waals surface area contributed by atoms with Crippen molar-refractivity contribution in [3.05, 3.63) is 36.0 Å². The number of hydrogen-bond donors (Lipinski definition) is 0. The summed E-state index contributed by atoms with van der Waals surface area (Å²) in [6, 6.07) is 8.74. The largest absolute Gasteiger partial charge is 0.324 e. The Hall–Kier alpha value is -1.80. The smallest absolute Gasteiger partial charge is 0.201 e. The van der Waals surface area contributed by atoms with Crippen LogP contribution in [0.1, 0.15) is 84.4 Å². The van der Waals surface area contributed by atoms with Crippen molar-refractivity contribution >= 4 is 0 Å². The van der Waals surface area contributed by atoms with Crippen LogP contribution >= 0.6 is 0 Å². The molecule has 7 heteroatoms. The van der Waals surface area contributed by atoms with Gasteiger partial charge in [-0.2, -0.15) is 0 Å². The maximum Gasteiger partial charge on any atom is 0.201 e. The SMILES string of the molecule is CCCCCc1ccc(-c2cn([C@@H]3O[C@@H]4O[C@@]5(C)CC[C@H]6[C@H](C)CC[C@@H]([C@H]3C)[C@@]46OO5)nn2)cc1. The minimum absolute atomic E-state index is 0.186. The van der Waals surface area contributed by atoms with Crippen molar-refractivity contribution in [2.75, 3.05) is 0 Å². The molecule has 1 spiro atoms. The Morgan fingerprint density at radius 1 is 1.03 bits per heavy atom. The predicted molar refractivity (Wildman–Crippen MR) is 131 cm³/mol. The quantitative estimate of drug-likeness (QED) is 0.369. The third kappa shape index (κ3) is 3.86. The van der Waals surface area contributed by atoms with Gasteiger partial charge in [0.15, 0.2) is 18.1 Å². The van der Waals surface area contributed by atoms with Crippen LogP contribution in [0.15, 0.2) is 30.5 Å². The molecule has 4 aliphatic heterocycles. The highest BCUT2D eigenvalue weighted by Crippen LogP contribution is 2.61. The molecule has 1 saturated carbocycles. The van der Waals surface area contributed by atoms with Crippen LogP contribution in [0.5, 0.6) is 0 Å². The van der Waals surface area contributed by atoms with E-state index in [9.17, 15) is 0 Å². The second-order valence-corrected chi connectivity index (χ2v) is 11.5. The number of aromatic nitrogens is 3. The lowest BCUT2D eigenvalue weighted by atomic mass is 9.58.